The van der Waals surface area contributed by atoms with Gasteiger partial charge in [0.15, 0.2) is 0 Å². The largest absolute Gasteiger partial charge is 0.444 e. The SMILES string of the molecule is CCCC(C#N)NCC1CC2CCC1N2C(=O)OC(C)(C)C. The summed E-state index contributed by atoms with van der Waals surface area (Å²) in [6.07, 6.45) is 4.88. The van der Waals surface area contributed by atoms with Gasteiger partial charge >= 0.3 is 6.09 Å². The summed E-state index contributed by atoms with van der Waals surface area (Å²) >= 11 is 0. The Morgan fingerprint density at radius 2 is 2.18 bits per heavy atom. The Balaban J connectivity index is 1.90. The number of carbonyl (C=O) groups is 1. The number of carbonyl (C=O) groups excluding carboxylic acids is 1. The number of hydrogen-bond acceptors (Lipinski definition) is 4. The van der Waals surface area contributed by atoms with Gasteiger partial charge in [0.05, 0.1) is 12.1 Å². The minimum atomic E-state index is -0.445. The normalized spacial score (nSPS) is 28.5. The lowest BCUT2D eigenvalue weighted by molar-refractivity contribution is 0.0205. The smallest absolute Gasteiger partial charge is 0.410 e. The molecular formula is C17H29N3O2. The summed E-state index contributed by atoms with van der Waals surface area (Å²) in [7, 11) is 0. The zero-order chi connectivity index (χ0) is 16.3. The van der Waals surface area contributed by atoms with Crippen molar-refractivity contribution >= 4 is 6.09 Å². The second-order valence-corrected chi connectivity index (χ2v) is 7.56. The van der Waals surface area contributed by atoms with Crippen LogP contribution in [0.5, 0.6) is 0 Å². The third-order valence-corrected chi connectivity index (χ3v) is 4.63. The summed E-state index contributed by atoms with van der Waals surface area (Å²) in [4.78, 5) is 14.4. The summed E-state index contributed by atoms with van der Waals surface area (Å²) in [5, 5.41) is 12.5. The molecule has 22 heavy (non-hydrogen) atoms. The van der Waals surface area contributed by atoms with E-state index in [2.05, 4.69) is 18.3 Å². The Hall–Kier alpha value is -1.28. The molecule has 2 aliphatic rings. The van der Waals surface area contributed by atoms with E-state index < -0.39 is 5.60 Å². The van der Waals surface area contributed by atoms with Gasteiger partial charge in [-0.3, -0.25) is 0 Å². The van der Waals surface area contributed by atoms with Crippen LogP contribution < -0.4 is 5.32 Å². The lowest BCUT2D eigenvalue weighted by Gasteiger charge is -2.28. The molecule has 0 aliphatic carbocycles. The van der Waals surface area contributed by atoms with Crippen molar-refractivity contribution in [3.05, 3.63) is 0 Å². The summed E-state index contributed by atoms with van der Waals surface area (Å²) in [5.41, 5.74) is -0.445. The fourth-order valence-corrected chi connectivity index (χ4v) is 3.73. The van der Waals surface area contributed by atoms with Gasteiger partial charge in [-0.15, -0.1) is 0 Å². The Morgan fingerprint density at radius 1 is 1.45 bits per heavy atom. The van der Waals surface area contributed by atoms with Crippen molar-refractivity contribution in [1.82, 2.24) is 10.2 Å². The predicted molar refractivity (Wildman–Crippen MR) is 85.3 cm³/mol. The molecule has 1 N–H and O–H groups in total. The fourth-order valence-electron chi connectivity index (χ4n) is 3.73. The first-order valence-corrected chi connectivity index (χ1v) is 8.50. The molecule has 0 saturated carbocycles. The highest BCUT2D eigenvalue weighted by atomic mass is 16.6. The van der Waals surface area contributed by atoms with Crippen LogP contribution in [0.15, 0.2) is 0 Å². The number of nitrogens with one attached hydrogen (secondary N) is 1. The molecule has 2 aliphatic heterocycles. The third kappa shape index (κ3) is 3.92. The van der Waals surface area contributed by atoms with E-state index in [0.717, 1.165) is 38.6 Å². The molecule has 2 bridgehead atoms. The van der Waals surface area contributed by atoms with Gasteiger partial charge in [-0.1, -0.05) is 13.3 Å². The van der Waals surface area contributed by atoms with E-state index in [-0.39, 0.29) is 18.2 Å². The van der Waals surface area contributed by atoms with Crippen molar-refractivity contribution in [2.45, 2.75) is 83.5 Å². The summed E-state index contributed by atoms with van der Waals surface area (Å²) in [6, 6.07) is 2.84. The van der Waals surface area contributed by atoms with Crippen LogP contribution in [-0.4, -0.2) is 41.3 Å². The van der Waals surface area contributed by atoms with Crippen LogP contribution in [0.2, 0.25) is 0 Å². The van der Waals surface area contributed by atoms with Crippen molar-refractivity contribution in [2.24, 2.45) is 5.92 Å². The standard InChI is InChI=1S/C17H29N3O2/c1-5-6-13(10-18)19-11-12-9-14-7-8-15(12)20(14)16(21)22-17(2,3)4/h12-15,19H,5-9,11H2,1-4H3. The molecule has 5 nitrogen and oxygen atoms in total. The van der Waals surface area contributed by atoms with Crippen LogP contribution in [-0.2, 0) is 4.74 Å². The van der Waals surface area contributed by atoms with Crippen LogP contribution in [0.1, 0.15) is 59.8 Å². The first-order valence-electron chi connectivity index (χ1n) is 8.50. The first kappa shape index (κ1) is 17.1. The van der Waals surface area contributed by atoms with E-state index in [0.29, 0.717) is 12.0 Å². The summed E-state index contributed by atoms with van der Waals surface area (Å²) in [5.74, 6) is 0.443. The monoisotopic (exact) mass is 307 g/mol. The van der Waals surface area contributed by atoms with Crippen molar-refractivity contribution < 1.29 is 9.53 Å². The first-order chi connectivity index (χ1) is 10.4. The van der Waals surface area contributed by atoms with Crippen molar-refractivity contribution in [3.8, 4) is 6.07 Å². The number of nitrogens with zero attached hydrogens (tertiary/aromatic N) is 2. The van der Waals surface area contributed by atoms with E-state index in [1.807, 2.05) is 25.7 Å². The van der Waals surface area contributed by atoms with Gasteiger partial charge in [-0.2, -0.15) is 5.26 Å². The molecule has 4 unspecified atom stereocenters. The molecule has 0 aromatic heterocycles. The maximum atomic E-state index is 12.4. The second kappa shape index (κ2) is 6.87. The van der Waals surface area contributed by atoms with Gasteiger partial charge in [0, 0.05) is 18.6 Å². The van der Waals surface area contributed by atoms with E-state index in [4.69, 9.17) is 10.00 Å². The Labute approximate surface area is 134 Å². The minimum Gasteiger partial charge on any atom is -0.444 e. The quantitative estimate of drug-likeness (QED) is 0.848. The highest BCUT2D eigenvalue weighted by molar-refractivity contribution is 5.70. The van der Waals surface area contributed by atoms with E-state index in [1.54, 1.807) is 0 Å². The van der Waals surface area contributed by atoms with Gasteiger partial charge in [-0.05, 0) is 52.4 Å². The fraction of sp³-hybridized carbons (Fsp3) is 0.882. The third-order valence-electron chi connectivity index (χ3n) is 4.63. The average Bonchev–Trinajstić information content (AvgIpc) is 2.99. The van der Waals surface area contributed by atoms with Gasteiger partial charge in [0.1, 0.15) is 5.60 Å². The van der Waals surface area contributed by atoms with Crippen LogP contribution in [0.4, 0.5) is 4.79 Å². The van der Waals surface area contributed by atoms with Crippen molar-refractivity contribution in [2.75, 3.05) is 6.54 Å². The molecule has 5 heteroatoms. The lowest BCUT2D eigenvalue weighted by Crippen LogP contribution is -2.42. The average molecular weight is 307 g/mol. The Kier molecular flexibility index (Phi) is 5.33. The zero-order valence-corrected chi connectivity index (χ0v) is 14.3. The molecule has 124 valence electrons. The molecule has 0 aromatic carbocycles. The maximum Gasteiger partial charge on any atom is 0.410 e. The number of nitriles is 1. The Morgan fingerprint density at radius 3 is 2.77 bits per heavy atom. The van der Waals surface area contributed by atoms with Crippen LogP contribution in [0.3, 0.4) is 0 Å². The van der Waals surface area contributed by atoms with E-state index in [9.17, 15) is 4.79 Å². The molecular weight excluding hydrogens is 278 g/mol. The van der Waals surface area contributed by atoms with Crippen LogP contribution >= 0.6 is 0 Å². The number of rotatable bonds is 5. The minimum absolute atomic E-state index is 0.0703. The zero-order valence-electron chi connectivity index (χ0n) is 14.3. The topological polar surface area (TPSA) is 65.4 Å². The molecule has 1 amide bonds. The van der Waals surface area contributed by atoms with Gasteiger partial charge in [-0.25, -0.2) is 4.79 Å². The molecule has 2 saturated heterocycles. The van der Waals surface area contributed by atoms with Gasteiger partial charge in [0.2, 0.25) is 0 Å². The lowest BCUT2D eigenvalue weighted by atomic mass is 9.89. The number of amides is 1. The molecule has 0 radical (unpaired) electrons. The second-order valence-electron chi connectivity index (χ2n) is 7.56. The van der Waals surface area contributed by atoms with Gasteiger partial charge < -0.3 is 15.0 Å². The highest BCUT2D eigenvalue weighted by Gasteiger charge is 2.49. The summed E-state index contributed by atoms with van der Waals surface area (Å²) < 4.78 is 5.55. The van der Waals surface area contributed by atoms with E-state index >= 15 is 0 Å². The number of fused-ring (bicyclic) bond motifs is 2. The predicted octanol–water partition coefficient (Wildman–Crippen LogP) is 3.06. The van der Waals surface area contributed by atoms with Crippen molar-refractivity contribution in [1.29, 1.82) is 5.26 Å². The number of ether oxygens (including phenoxy) is 1. The van der Waals surface area contributed by atoms with E-state index in [1.165, 1.54) is 0 Å². The molecule has 2 heterocycles. The molecule has 0 spiro atoms. The van der Waals surface area contributed by atoms with Gasteiger partial charge in [0.25, 0.3) is 0 Å². The summed E-state index contributed by atoms with van der Waals surface area (Å²) in [6.45, 7) is 8.63. The molecule has 0 aromatic rings. The van der Waals surface area contributed by atoms with Crippen LogP contribution in [0, 0.1) is 17.2 Å². The maximum absolute atomic E-state index is 12.4. The number of hydrogen-bond donors (Lipinski definition) is 1. The molecule has 4 atom stereocenters. The van der Waals surface area contributed by atoms with Crippen molar-refractivity contribution in [3.63, 3.8) is 0 Å². The Bertz CT molecular complexity index is 438. The molecule has 2 fully saturated rings. The van der Waals surface area contributed by atoms with Crippen LogP contribution in [0.25, 0.3) is 0 Å². The molecule has 2 rings (SSSR count). The highest BCUT2D eigenvalue weighted by Crippen LogP contribution is 2.42.